The lowest BCUT2D eigenvalue weighted by Gasteiger charge is -2.30. The number of nitrogens with one attached hydrogen (secondary N) is 1. The smallest absolute Gasteiger partial charge is 0.223 e. The van der Waals surface area contributed by atoms with Gasteiger partial charge in [-0.1, -0.05) is 6.42 Å². The first-order valence-corrected chi connectivity index (χ1v) is 7.76. The molecule has 0 heterocycles. The van der Waals surface area contributed by atoms with Crippen molar-refractivity contribution in [1.29, 1.82) is 0 Å². The molecule has 2 bridgehead atoms. The summed E-state index contributed by atoms with van der Waals surface area (Å²) in [6.07, 6.45) is 9.74. The van der Waals surface area contributed by atoms with E-state index in [0.717, 1.165) is 44.1 Å². The van der Waals surface area contributed by atoms with Crippen LogP contribution in [0.2, 0.25) is 0 Å². The van der Waals surface area contributed by atoms with Crippen LogP contribution in [0.25, 0.3) is 0 Å². The minimum atomic E-state index is 0.270. The van der Waals surface area contributed by atoms with Crippen molar-refractivity contribution in [3.05, 3.63) is 0 Å². The van der Waals surface area contributed by atoms with Gasteiger partial charge in [0.15, 0.2) is 0 Å². The monoisotopic (exact) mass is 250 g/mol. The van der Waals surface area contributed by atoms with Crippen LogP contribution in [0, 0.1) is 23.7 Å². The number of nitrogens with two attached hydrogens (primary N) is 1. The summed E-state index contributed by atoms with van der Waals surface area (Å²) >= 11 is 0. The van der Waals surface area contributed by atoms with Crippen LogP contribution in [-0.2, 0) is 4.79 Å². The van der Waals surface area contributed by atoms with Crippen LogP contribution >= 0.6 is 0 Å². The molecule has 3 N–H and O–H groups in total. The van der Waals surface area contributed by atoms with E-state index in [1.54, 1.807) is 0 Å². The van der Waals surface area contributed by atoms with Gasteiger partial charge in [-0.2, -0.15) is 0 Å². The summed E-state index contributed by atoms with van der Waals surface area (Å²) in [4.78, 5) is 12.3. The summed E-state index contributed by atoms with van der Waals surface area (Å²) < 4.78 is 0. The molecule has 3 fully saturated rings. The fraction of sp³-hybridized carbons (Fsp3) is 0.933. The lowest BCUT2D eigenvalue weighted by atomic mass is 9.81. The van der Waals surface area contributed by atoms with E-state index in [0.29, 0.717) is 17.9 Å². The highest BCUT2D eigenvalue weighted by molar-refractivity contribution is 5.79. The number of carbonyl (C=O) groups is 1. The van der Waals surface area contributed by atoms with Gasteiger partial charge in [0.2, 0.25) is 5.91 Å². The molecule has 1 amide bonds. The van der Waals surface area contributed by atoms with Crippen LogP contribution in [0.1, 0.15) is 51.4 Å². The zero-order valence-electron chi connectivity index (χ0n) is 11.2. The van der Waals surface area contributed by atoms with Crippen LogP contribution in [-0.4, -0.2) is 18.5 Å². The molecule has 0 saturated heterocycles. The molecule has 3 aliphatic rings. The Kier molecular flexibility index (Phi) is 3.60. The molecule has 3 heteroatoms. The first-order valence-electron chi connectivity index (χ1n) is 7.76. The van der Waals surface area contributed by atoms with E-state index in [-0.39, 0.29) is 5.92 Å². The van der Waals surface area contributed by atoms with Crippen LogP contribution in [0.4, 0.5) is 0 Å². The molecule has 0 radical (unpaired) electrons. The molecule has 0 aromatic rings. The molecular formula is C15H26N2O. The fourth-order valence-electron chi connectivity index (χ4n) is 4.38. The predicted octanol–water partition coefficient (Wildman–Crippen LogP) is 2.06. The summed E-state index contributed by atoms with van der Waals surface area (Å²) in [6, 6.07) is 0.503. The SMILES string of the molecule is NCC1CCC(C(=O)NC2CC3CCC2C3)CC1. The van der Waals surface area contributed by atoms with Crippen LogP contribution < -0.4 is 11.1 Å². The number of rotatable bonds is 3. The fourth-order valence-corrected chi connectivity index (χ4v) is 4.38. The topological polar surface area (TPSA) is 55.1 Å². The maximum Gasteiger partial charge on any atom is 0.223 e. The van der Waals surface area contributed by atoms with Crippen molar-refractivity contribution in [2.24, 2.45) is 29.4 Å². The van der Waals surface area contributed by atoms with Crippen molar-refractivity contribution in [3.8, 4) is 0 Å². The maximum atomic E-state index is 12.3. The molecule has 3 rings (SSSR count). The third-order valence-corrected chi connectivity index (χ3v) is 5.62. The number of hydrogen-bond donors (Lipinski definition) is 2. The van der Waals surface area contributed by atoms with Gasteiger partial charge in [-0.3, -0.25) is 4.79 Å². The van der Waals surface area contributed by atoms with E-state index in [1.165, 1.54) is 25.7 Å². The molecule has 0 aliphatic heterocycles. The Morgan fingerprint density at radius 1 is 1.06 bits per heavy atom. The van der Waals surface area contributed by atoms with Crippen molar-refractivity contribution in [2.45, 2.75) is 57.4 Å². The lowest BCUT2D eigenvalue weighted by molar-refractivity contribution is -0.127. The second-order valence-electron chi connectivity index (χ2n) is 6.74. The van der Waals surface area contributed by atoms with Gasteiger partial charge in [0.05, 0.1) is 0 Å². The minimum Gasteiger partial charge on any atom is -0.353 e. The van der Waals surface area contributed by atoms with Gasteiger partial charge in [-0.25, -0.2) is 0 Å². The standard InChI is InChI=1S/C15H26N2O/c16-9-10-1-4-12(5-2-10)15(18)17-14-8-11-3-6-13(14)7-11/h10-14H,1-9,16H2,(H,17,18). The lowest BCUT2D eigenvalue weighted by Crippen LogP contribution is -2.42. The Balaban J connectivity index is 1.47. The highest BCUT2D eigenvalue weighted by Gasteiger charge is 2.40. The molecule has 3 atom stereocenters. The predicted molar refractivity (Wildman–Crippen MR) is 71.9 cm³/mol. The molecule has 0 aromatic heterocycles. The van der Waals surface area contributed by atoms with Gasteiger partial charge < -0.3 is 11.1 Å². The van der Waals surface area contributed by atoms with Gasteiger partial charge in [0, 0.05) is 12.0 Å². The Hall–Kier alpha value is -0.570. The summed E-state index contributed by atoms with van der Waals surface area (Å²) in [5, 5.41) is 3.34. The maximum absolute atomic E-state index is 12.3. The minimum absolute atomic E-state index is 0.270. The van der Waals surface area contributed by atoms with Crippen molar-refractivity contribution in [3.63, 3.8) is 0 Å². The molecule has 3 nitrogen and oxygen atoms in total. The van der Waals surface area contributed by atoms with E-state index in [4.69, 9.17) is 5.73 Å². The molecule has 0 aromatic carbocycles. The molecular weight excluding hydrogens is 224 g/mol. The first-order chi connectivity index (χ1) is 8.76. The molecule has 102 valence electrons. The van der Waals surface area contributed by atoms with E-state index < -0.39 is 0 Å². The van der Waals surface area contributed by atoms with Crippen LogP contribution in [0.3, 0.4) is 0 Å². The Morgan fingerprint density at radius 2 is 1.83 bits per heavy atom. The van der Waals surface area contributed by atoms with E-state index in [9.17, 15) is 4.79 Å². The zero-order valence-corrected chi connectivity index (χ0v) is 11.2. The third-order valence-electron chi connectivity index (χ3n) is 5.62. The molecule has 18 heavy (non-hydrogen) atoms. The zero-order chi connectivity index (χ0) is 12.5. The summed E-state index contributed by atoms with van der Waals surface area (Å²) in [7, 11) is 0. The number of amides is 1. The van der Waals surface area contributed by atoms with E-state index in [2.05, 4.69) is 5.32 Å². The Morgan fingerprint density at radius 3 is 2.39 bits per heavy atom. The average molecular weight is 250 g/mol. The number of carbonyl (C=O) groups excluding carboxylic acids is 1. The highest BCUT2D eigenvalue weighted by Crippen LogP contribution is 2.44. The molecule has 3 unspecified atom stereocenters. The van der Waals surface area contributed by atoms with E-state index in [1.807, 2.05) is 0 Å². The van der Waals surface area contributed by atoms with Gasteiger partial charge >= 0.3 is 0 Å². The van der Waals surface area contributed by atoms with E-state index >= 15 is 0 Å². The highest BCUT2D eigenvalue weighted by atomic mass is 16.1. The number of fused-ring (bicyclic) bond motifs is 2. The second kappa shape index (κ2) is 5.20. The third kappa shape index (κ3) is 2.42. The normalized spacial score (nSPS) is 43.1. The summed E-state index contributed by atoms with van der Waals surface area (Å²) in [5.74, 6) is 2.97. The van der Waals surface area contributed by atoms with Gasteiger partial charge in [0.1, 0.15) is 0 Å². The van der Waals surface area contributed by atoms with Crippen molar-refractivity contribution in [2.75, 3.05) is 6.54 Å². The Bertz CT molecular complexity index is 310. The summed E-state index contributed by atoms with van der Waals surface area (Å²) in [5.41, 5.74) is 5.70. The first kappa shape index (κ1) is 12.5. The quantitative estimate of drug-likeness (QED) is 0.805. The van der Waals surface area contributed by atoms with Crippen molar-refractivity contribution < 1.29 is 4.79 Å². The average Bonchev–Trinajstić information content (AvgIpc) is 3.01. The van der Waals surface area contributed by atoms with Crippen LogP contribution in [0.15, 0.2) is 0 Å². The molecule has 3 aliphatic carbocycles. The van der Waals surface area contributed by atoms with Crippen molar-refractivity contribution >= 4 is 5.91 Å². The molecule has 0 spiro atoms. The van der Waals surface area contributed by atoms with Crippen molar-refractivity contribution in [1.82, 2.24) is 5.32 Å². The Labute approximate surface area is 110 Å². The number of hydrogen-bond acceptors (Lipinski definition) is 2. The van der Waals surface area contributed by atoms with Crippen LogP contribution in [0.5, 0.6) is 0 Å². The summed E-state index contributed by atoms with van der Waals surface area (Å²) in [6.45, 7) is 0.792. The van der Waals surface area contributed by atoms with Gasteiger partial charge in [0.25, 0.3) is 0 Å². The molecule has 3 saturated carbocycles. The van der Waals surface area contributed by atoms with Gasteiger partial charge in [-0.15, -0.1) is 0 Å². The largest absolute Gasteiger partial charge is 0.353 e. The second-order valence-corrected chi connectivity index (χ2v) is 6.74. The van der Waals surface area contributed by atoms with Gasteiger partial charge in [-0.05, 0) is 69.2 Å².